The van der Waals surface area contributed by atoms with Crippen molar-refractivity contribution >= 4 is 22.9 Å². The van der Waals surface area contributed by atoms with Gasteiger partial charge in [-0.1, -0.05) is 0 Å². The standard InChI is InChI=1S/C12H9F2N3O3S/c13-7-3-9(11(14)10(4-7)17(19)20)12(18)15-2-1-8-5-21-6-16-8/h3-6H,1-2H2,(H,15,18). The maximum absolute atomic E-state index is 13.8. The number of hydrogen-bond donors (Lipinski definition) is 1. The lowest BCUT2D eigenvalue weighted by Gasteiger charge is -2.06. The van der Waals surface area contributed by atoms with Gasteiger partial charge in [-0.3, -0.25) is 14.9 Å². The highest BCUT2D eigenvalue weighted by molar-refractivity contribution is 7.07. The maximum atomic E-state index is 13.8. The maximum Gasteiger partial charge on any atom is 0.308 e. The highest BCUT2D eigenvalue weighted by Gasteiger charge is 2.23. The van der Waals surface area contributed by atoms with E-state index in [-0.39, 0.29) is 6.54 Å². The van der Waals surface area contributed by atoms with E-state index in [0.717, 1.165) is 5.69 Å². The number of nitro benzene ring substituents is 1. The number of carbonyl (C=O) groups excluding carboxylic acids is 1. The molecule has 0 unspecified atom stereocenters. The molecule has 0 aliphatic heterocycles. The highest BCUT2D eigenvalue weighted by Crippen LogP contribution is 2.22. The van der Waals surface area contributed by atoms with Crippen molar-refractivity contribution in [3.63, 3.8) is 0 Å². The summed E-state index contributed by atoms with van der Waals surface area (Å²) in [7, 11) is 0. The quantitative estimate of drug-likeness (QED) is 0.678. The van der Waals surface area contributed by atoms with Crippen molar-refractivity contribution in [1.29, 1.82) is 0 Å². The molecule has 1 aromatic heterocycles. The van der Waals surface area contributed by atoms with E-state index in [9.17, 15) is 23.7 Å². The third-order valence-electron chi connectivity index (χ3n) is 2.61. The first-order chi connectivity index (χ1) is 9.99. The second-order valence-corrected chi connectivity index (χ2v) is 4.75. The van der Waals surface area contributed by atoms with Crippen LogP contribution in [0.1, 0.15) is 16.1 Å². The number of amides is 1. The number of halogens is 2. The molecule has 110 valence electrons. The van der Waals surface area contributed by atoms with E-state index in [4.69, 9.17) is 0 Å². The molecule has 0 aliphatic rings. The summed E-state index contributed by atoms with van der Waals surface area (Å²) in [5, 5.41) is 14.7. The van der Waals surface area contributed by atoms with Crippen molar-refractivity contribution in [3.8, 4) is 0 Å². The molecular weight excluding hydrogens is 304 g/mol. The first-order valence-corrected chi connectivity index (χ1v) is 6.72. The van der Waals surface area contributed by atoms with Crippen LogP contribution in [0.4, 0.5) is 14.5 Å². The van der Waals surface area contributed by atoms with E-state index in [1.165, 1.54) is 11.3 Å². The van der Waals surface area contributed by atoms with Crippen LogP contribution < -0.4 is 5.32 Å². The number of rotatable bonds is 5. The summed E-state index contributed by atoms with van der Waals surface area (Å²) in [5.74, 6) is -3.31. The second-order valence-electron chi connectivity index (χ2n) is 4.03. The van der Waals surface area contributed by atoms with Crippen LogP contribution in [0.25, 0.3) is 0 Å². The summed E-state index contributed by atoms with van der Waals surface area (Å²) in [5.41, 5.74) is 0.623. The van der Waals surface area contributed by atoms with E-state index in [1.807, 2.05) is 0 Å². The monoisotopic (exact) mass is 313 g/mol. The average Bonchev–Trinajstić information content (AvgIpc) is 2.93. The number of aromatic nitrogens is 1. The van der Waals surface area contributed by atoms with E-state index in [1.54, 1.807) is 10.9 Å². The topological polar surface area (TPSA) is 85.1 Å². The number of nitrogens with one attached hydrogen (secondary N) is 1. The Balaban J connectivity index is 2.10. The highest BCUT2D eigenvalue weighted by atomic mass is 32.1. The Morgan fingerprint density at radius 1 is 1.43 bits per heavy atom. The van der Waals surface area contributed by atoms with E-state index >= 15 is 0 Å². The van der Waals surface area contributed by atoms with Crippen molar-refractivity contribution in [1.82, 2.24) is 10.3 Å². The zero-order valence-electron chi connectivity index (χ0n) is 10.5. The summed E-state index contributed by atoms with van der Waals surface area (Å²) in [4.78, 5) is 25.3. The molecule has 0 radical (unpaired) electrons. The third kappa shape index (κ3) is 3.57. The van der Waals surface area contributed by atoms with Gasteiger partial charge in [-0.05, 0) is 6.07 Å². The Hall–Kier alpha value is -2.42. The summed E-state index contributed by atoms with van der Waals surface area (Å²) in [6.07, 6.45) is 0.425. The first kappa shape index (κ1) is 15.0. The normalized spacial score (nSPS) is 10.4. The number of carbonyl (C=O) groups is 1. The lowest BCUT2D eigenvalue weighted by Crippen LogP contribution is -2.27. The third-order valence-corrected chi connectivity index (χ3v) is 3.24. The van der Waals surface area contributed by atoms with Gasteiger partial charge in [-0.2, -0.15) is 4.39 Å². The van der Waals surface area contributed by atoms with Crippen LogP contribution in [0.3, 0.4) is 0 Å². The molecule has 1 heterocycles. The molecule has 0 bridgehead atoms. The first-order valence-electron chi connectivity index (χ1n) is 5.77. The van der Waals surface area contributed by atoms with Crippen LogP contribution in [0.15, 0.2) is 23.0 Å². The Labute approximate surface area is 121 Å². The number of nitrogens with zero attached hydrogens (tertiary/aromatic N) is 2. The fraction of sp³-hybridized carbons (Fsp3) is 0.167. The second kappa shape index (κ2) is 6.35. The SMILES string of the molecule is O=C(NCCc1cscn1)c1cc(F)cc([N+](=O)[O-])c1F. The van der Waals surface area contributed by atoms with Crippen LogP contribution in [0, 0.1) is 21.7 Å². The lowest BCUT2D eigenvalue weighted by atomic mass is 10.1. The van der Waals surface area contributed by atoms with Crippen molar-refractivity contribution in [2.75, 3.05) is 6.54 Å². The summed E-state index contributed by atoms with van der Waals surface area (Å²) in [6.45, 7) is 0.159. The minimum Gasteiger partial charge on any atom is -0.352 e. The average molecular weight is 313 g/mol. The zero-order chi connectivity index (χ0) is 15.4. The number of benzene rings is 1. The fourth-order valence-corrected chi connectivity index (χ4v) is 2.23. The van der Waals surface area contributed by atoms with E-state index < -0.39 is 33.7 Å². The summed E-state index contributed by atoms with van der Waals surface area (Å²) >= 11 is 1.40. The Morgan fingerprint density at radius 2 is 2.19 bits per heavy atom. The summed E-state index contributed by atoms with van der Waals surface area (Å²) < 4.78 is 27.0. The van der Waals surface area contributed by atoms with Gasteiger partial charge >= 0.3 is 5.69 Å². The van der Waals surface area contributed by atoms with Crippen molar-refractivity contribution < 1.29 is 18.5 Å². The Morgan fingerprint density at radius 3 is 2.81 bits per heavy atom. The molecule has 0 saturated heterocycles. The predicted molar refractivity (Wildman–Crippen MR) is 71.2 cm³/mol. The molecule has 2 aromatic rings. The Bertz CT molecular complexity index is 677. The fourth-order valence-electron chi connectivity index (χ4n) is 1.63. The molecule has 9 heteroatoms. The van der Waals surface area contributed by atoms with Gasteiger partial charge in [-0.15, -0.1) is 11.3 Å². The number of thiazole rings is 1. The van der Waals surface area contributed by atoms with Crippen molar-refractivity contribution in [3.05, 3.63) is 56.0 Å². The van der Waals surface area contributed by atoms with Gasteiger partial charge in [0.25, 0.3) is 5.91 Å². The van der Waals surface area contributed by atoms with Crippen molar-refractivity contribution in [2.24, 2.45) is 0 Å². The van der Waals surface area contributed by atoms with E-state index in [2.05, 4.69) is 10.3 Å². The molecule has 1 N–H and O–H groups in total. The van der Waals surface area contributed by atoms with Gasteiger partial charge in [0, 0.05) is 18.3 Å². The minimum absolute atomic E-state index is 0.159. The molecule has 1 amide bonds. The molecule has 6 nitrogen and oxygen atoms in total. The van der Waals surface area contributed by atoms with E-state index in [0.29, 0.717) is 18.6 Å². The molecule has 1 aromatic carbocycles. The van der Waals surface area contributed by atoms with Crippen LogP contribution >= 0.6 is 11.3 Å². The van der Waals surface area contributed by atoms with Crippen LogP contribution in [0.5, 0.6) is 0 Å². The molecule has 0 saturated carbocycles. The van der Waals surface area contributed by atoms with Gasteiger partial charge in [0.15, 0.2) is 0 Å². The zero-order valence-corrected chi connectivity index (χ0v) is 11.3. The molecule has 0 fully saturated rings. The van der Waals surface area contributed by atoms with Crippen LogP contribution in [-0.2, 0) is 6.42 Å². The molecular formula is C12H9F2N3O3S. The van der Waals surface area contributed by atoms with Gasteiger partial charge < -0.3 is 5.32 Å². The predicted octanol–water partition coefficient (Wildman–Crippen LogP) is 2.30. The van der Waals surface area contributed by atoms with Crippen molar-refractivity contribution in [2.45, 2.75) is 6.42 Å². The van der Waals surface area contributed by atoms with Gasteiger partial charge in [-0.25, -0.2) is 9.37 Å². The molecule has 0 aliphatic carbocycles. The molecule has 21 heavy (non-hydrogen) atoms. The largest absolute Gasteiger partial charge is 0.352 e. The van der Waals surface area contributed by atoms with Gasteiger partial charge in [0.2, 0.25) is 5.82 Å². The summed E-state index contributed by atoms with van der Waals surface area (Å²) in [6, 6.07) is 1.06. The van der Waals surface area contributed by atoms with Gasteiger partial charge in [0.05, 0.1) is 27.8 Å². The minimum atomic E-state index is -1.35. The van der Waals surface area contributed by atoms with Crippen LogP contribution in [0.2, 0.25) is 0 Å². The molecule has 2 rings (SSSR count). The van der Waals surface area contributed by atoms with Gasteiger partial charge in [0.1, 0.15) is 5.82 Å². The smallest absolute Gasteiger partial charge is 0.308 e. The molecule has 0 atom stereocenters. The Kier molecular flexibility index (Phi) is 4.53. The molecule has 0 spiro atoms. The lowest BCUT2D eigenvalue weighted by molar-refractivity contribution is -0.387. The number of hydrogen-bond acceptors (Lipinski definition) is 5. The van der Waals surface area contributed by atoms with Crippen LogP contribution in [-0.4, -0.2) is 22.4 Å². The number of nitro groups is 1.